The monoisotopic (exact) mass is 507 g/mol. The van der Waals surface area contributed by atoms with Crippen LogP contribution >= 0.6 is 0 Å². The Morgan fingerprint density at radius 3 is 2.87 bits per heavy atom. The standard InChI is InChI=1S/C28H25N7O3/c1-3-27(36)34-10-8-22(15-34)37-20-5-6-24-23(13-20)28(31-16-29-24)33-19-4-7-25(18(2)12-19)38-21-9-11-35-26(14-21)30-17-32-35/h3-7,9,11-14,16-17,22H,1,8,10,15H2,2H3,(H,29,31,33)/t22-/m1/s1. The molecule has 0 aliphatic carbocycles. The van der Waals surface area contributed by atoms with Crippen molar-refractivity contribution in [2.45, 2.75) is 19.4 Å². The first-order chi connectivity index (χ1) is 18.6. The van der Waals surface area contributed by atoms with Crippen LogP contribution < -0.4 is 14.8 Å². The summed E-state index contributed by atoms with van der Waals surface area (Å²) in [5.74, 6) is 2.72. The Labute approximate surface area is 218 Å². The Kier molecular flexibility index (Phi) is 6.04. The van der Waals surface area contributed by atoms with Crippen molar-refractivity contribution in [3.8, 4) is 17.2 Å². The molecule has 1 aliphatic heterocycles. The number of carbonyl (C=O) groups is 1. The van der Waals surface area contributed by atoms with Crippen LogP contribution in [0.1, 0.15) is 12.0 Å². The molecule has 5 aromatic rings. The van der Waals surface area contributed by atoms with Crippen LogP contribution in [0.2, 0.25) is 0 Å². The molecule has 0 bridgehead atoms. The molecule has 0 saturated carbocycles. The zero-order valence-corrected chi connectivity index (χ0v) is 20.7. The lowest BCUT2D eigenvalue weighted by atomic mass is 10.2. The molecular weight excluding hydrogens is 482 g/mol. The highest BCUT2D eigenvalue weighted by Crippen LogP contribution is 2.31. The van der Waals surface area contributed by atoms with Gasteiger partial charge in [-0.05, 0) is 61.0 Å². The molecule has 10 nitrogen and oxygen atoms in total. The first-order valence-electron chi connectivity index (χ1n) is 12.2. The van der Waals surface area contributed by atoms with Crippen LogP contribution in [-0.4, -0.2) is 54.6 Å². The molecule has 0 radical (unpaired) electrons. The van der Waals surface area contributed by atoms with Crippen LogP contribution in [0.15, 0.2) is 80.0 Å². The predicted octanol–water partition coefficient (Wildman–Crippen LogP) is 4.68. The predicted molar refractivity (Wildman–Crippen MR) is 143 cm³/mol. The van der Waals surface area contributed by atoms with Crippen molar-refractivity contribution in [2.24, 2.45) is 0 Å². The number of anilines is 2. The molecule has 1 atom stereocenters. The topological polar surface area (TPSA) is 107 Å². The SMILES string of the molecule is C=CC(=O)N1CC[C@@H](Oc2ccc3ncnc(Nc4ccc(Oc5ccn6ncnc6c5)c(C)c4)c3c2)C1. The first kappa shape index (κ1) is 23.4. The van der Waals surface area contributed by atoms with Gasteiger partial charge in [0.1, 0.15) is 41.8 Å². The van der Waals surface area contributed by atoms with Gasteiger partial charge in [-0.2, -0.15) is 5.10 Å². The minimum atomic E-state index is -0.0717. The number of fused-ring (bicyclic) bond motifs is 2. The normalized spacial score (nSPS) is 15.1. The van der Waals surface area contributed by atoms with E-state index in [9.17, 15) is 4.79 Å². The fourth-order valence-electron chi connectivity index (χ4n) is 4.52. The largest absolute Gasteiger partial charge is 0.488 e. The second kappa shape index (κ2) is 9.81. The van der Waals surface area contributed by atoms with Gasteiger partial charge >= 0.3 is 0 Å². The smallest absolute Gasteiger partial charge is 0.246 e. The summed E-state index contributed by atoms with van der Waals surface area (Å²) in [4.78, 5) is 26.7. The number of hydrogen-bond acceptors (Lipinski definition) is 8. The fourth-order valence-corrected chi connectivity index (χ4v) is 4.52. The zero-order chi connectivity index (χ0) is 26.1. The number of benzene rings is 2. The Morgan fingerprint density at radius 2 is 2.00 bits per heavy atom. The summed E-state index contributed by atoms with van der Waals surface area (Å²) in [5, 5.41) is 8.34. The fraction of sp³-hybridized carbons (Fsp3) is 0.179. The lowest BCUT2D eigenvalue weighted by Gasteiger charge is -2.16. The molecule has 4 heterocycles. The van der Waals surface area contributed by atoms with E-state index in [1.807, 2.05) is 61.7 Å². The number of pyridine rings is 1. The molecule has 1 amide bonds. The molecule has 1 N–H and O–H groups in total. The maximum atomic E-state index is 11.9. The van der Waals surface area contributed by atoms with E-state index in [2.05, 4.69) is 31.9 Å². The molecule has 1 saturated heterocycles. The number of ether oxygens (including phenoxy) is 2. The van der Waals surface area contributed by atoms with Crippen LogP contribution in [0.25, 0.3) is 16.6 Å². The van der Waals surface area contributed by atoms with Gasteiger partial charge in [-0.25, -0.2) is 19.5 Å². The number of nitrogens with one attached hydrogen (secondary N) is 1. The van der Waals surface area contributed by atoms with Crippen molar-refractivity contribution < 1.29 is 14.3 Å². The summed E-state index contributed by atoms with van der Waals surface area (Å²) in [5.41, 5.74) is 3.33. The maximum Gasteiger partial charge on any atom is 0.246 e. The van der Waals surface area contributed by atoms with Gasteiger partial charge in [-0.3, -0.25) is 4.79 Å². The van der Waals surface area contributed by atoms with Crippen LogP contribution in [0.5, 0.6) is 17.2 Å². The molecule has 6 rings (SSSR count). The van der Waals surface area contributed by atoms with E-state index in [-0.39, 0.29) is 12.0 Å². The molecule has 0 spiro atoms. The zero-order valence-electron chi connectivity index (χ0n) is 20.7. The van der Waals surface area contributed by atoms with Gasteiger partial charge in [0.2, 0.25) is 5.91 Å². The van der Waals surface area contributed by atoms with Crippen molar-refractivity contribution in [3.05, 3.63) is 85.6 Å². The number of hydrogen-bond donors (Lipinski definition) is 1. The first-order valence-corrected chi connectivity index (χ1v) is 12.2. The third kappa shape index (κ3) is 4.71. The highest BCUT2D eigenvalue weighted by atomic mass is 16.5. The lowest BCUT2D eigenvalue weighted by Crippen LogP contribution is -2.29. The molecule has 3 aromatic heterocycles. The minimum Gasteiger partial charge on any atom is -0.488 e. The number of aromatic nitrogens is 5. The molecule has 1 fully saturated rings. The molecule has 10 heteroatoms. The Hall–Kier alpha value is -4.99. The van der Waals surface area contributed by atoms with Crippen LogP contribution in [0.3, 0.4) is 0 Å². The van der Waals surface area contributed by atoms with Gasteiger partial charge in [0.15, 0.2) is 5.65 Å². The summed E-state index contributed by atoms with van der Waals surface area (Å²) in [6, 6.07) is 15.3. The van der Waals surface area contributed by atoms with Gasteiger partial charge < -0.3 is 19.7 Å². The number of carbonyl (C=O) groups excluding carboxylic acids is 1. The maximum absolute atomic E-state index is 11.9. The van der Waals surface area contributed by atoms with Gasteiger partial charge in [0.25, 0.3) is 0 Å². The van der Waals surface area contributed by atoms with E-state index in [0.717, 1.165) is 34.3 Å². The molecule has 0 unspecified atom stereocenters. The van der Waals surface area contributed by atoms with E-state index in [4.69, 9.17) is 9.47 Å². The number of likely N-dealkylation sites (tertiary alicyclic amines) is 1. The number of aryl methyl sites for hydroxylation is 1. The number of nitrogens with zero attached hydrogens (tertiary/aromatic N) is 6. The Morgan fingerprint density at radius 1 is 1.08 bits per heavy atom. The summed E-state index contributed by atoms with van der Waals surface area (Å²) in [6.45, 7) is 6.75. The summed E-state index contributed by atoms with van der Waals surface area (Å²) >= 11 is 0. The van der Waals surface area contributed by atoms with Gasteiger partial charge in [-0.1, -0.05) is 6.58 Å². The molecule has 190 valence electrons. The quantitative estimate of drug-likeness (QED) is 0.317. The van der Waals surface area contributed by atoms with Crippen molar-refractivity contribution in [1.82, 2.24) is 29.5 Å². The summed E-state index contributed by atoms with van der Waals surface area (Å²) in [6.07, 6.45) is 6.89. The number of amides is 1. The van der Waals surface area contributed by atoms with Crippen molar-refractivity contribution in [1.29, 1.82) is 0 Å². The Balaban J connectivity index is 1.19. The third-order valence-corrected chi connectivity index (χ3v) is 6.46. The molecular formula is C28H25N7O3. The van der Waals surface area contributed by atoms with Crippen molar-refractivity contribution >= 4 is 34.0 Å². The Bertz CT molecular complexity index is 1670. The van der Waals surface area contributed by atoms with E-state index in [1.165, 1.54) is 18.7 Å². The minimum absolute atomic E-state index is 0.0713. The second-order valence-electron chi connectivity index (χ2n) is 9.05. The summed E-state index contributed by atoms with van der Waals surface area (Å²) < 4.78 is 14.0. The van der Waals surface area contributed by atoms with Gasteiger partial charge in [0.05, 0.1) is 12.1 Å². The molecule has 2 aromatic carbocycles. The average Bonchev–Trinajstić information content (AvgIpc) is 3.59. The summed E-state index contributed by atoms with van der Waals surface area (Å²) in [7, 11) is 0. The van der Waals surface area contributed by atoms with E-state index in [0.29, 0.717) is 36.1 Å². The van der Waals surface area contributed by atoms with E-state index >= 15 is 0 Å². The van der Waals surface area contributed by atoms with Gasteiger partial charge in [-0.15, -0.1) is 0 Å². The van der Waals surface area contributed by atoms with Crippen LogP contribution in [0, 0.1) is 6.92 Å². The lowest BCUT2D eigenvalue weighted by molar-refractivity contribution is -0.125. The second-order valence-corrected chi connectivity index (χ2v) is 9.05. The van der Waals surface area contributed by atoms with Gasteiger partial charge in [0, 0.05) is 36.3 Å². The highest BCUT2D eigenvalue weighted by molar-refractivity contribution is 5.91. The van der Waals surface area contributed by atoms with Crippen molar-refractivity contribution in [2.75, 3.05) is 18.4 Å². The number of rotatable bonds is 7. The van der Waals surface area contributed by atoms with E-state index < -0.39 is 0 Å². The van der Waals surface area contributed by atoms with E-state index in [1.54, 1.807) is 9.42 Å². The molecule has 38 heavy (non-hydrogen) atoms. The van der Waals surface area contributed by atoms with Crippen LogP contribution in [-0.2, 0) is 4.79 Å². The third-order valence-electron chi connectivity index (χ3n) is 6.46. The van der Waals surface area contributed by atoms with Crippen LogP contribution in [0.4, 0.5) is 11.5 Å². The molecule has 1 aliphatic rings. The average molecular weight is 508 g/mol. The van der Waals surface area contributed by atoms with Crippen molar-refractivity contribution in [3.63, 3.8) is 0 Å². The highest BCUT2D eigenvalue weighted by Gasteiger charge is 2.26.